The number of non-ortho nitro benzene ring substituents is 1. The summed E-state index contributed by atoms with van der Waals surface area (Å²) >= 11 is 0. The maximum Gasteiger partial charge on any atom is 0.305 e. The minimum Gasteiger partial charge on any atom is -0.466 e. The summed E-state index contributed by atoms with van der Waals surface area (Å²) < 4.78 is 4.85. The van der Waals surface area contributed by atoms with Crippen molar-refractivity contribution >= 4 is 11.7 Å². The minimum absolute atomic E-state index is 0.115. The third kappa shape index (κ3) is 7.41. The van der Waals surface area contributed by atoms with Crippen LogP contribution in [0.1, 0.15) is 38.2 Å². The average molecular weight is 294 g/mol. The summed E-state index contributed by atoms with van der Waals surface area (Å²) in [7, 11) is 0. The highest BCUT2D eigenvalue weighted by Crippen LogP contribution is 2.12. The molecule has 116 valence electrons. The zero-order valence-corrected chi connectivity index (χ0v) is 12.3. The molecule has 0 fully saturated rings. The molecule has 0 bridgehead atoms. The van der Waals surface area contributed by atoms with Crippen molar-refractivity contribution in [1.29, 1.82) is 0 Å². The van der Waals surface area contributed by atoms with E-state index < -0.39 is 0 Å². The topological polar surface area (TPSA) is 81.5 Å². The van der Waals surface area contributed by atoms with Crippen LogP contribution >= 0.6 is 0 Å². The number of nitro groups is 1. The van der Waals surface area contributed by atoms with Crippen molar-refractivity contribution in [1.82, 2.24) is 5.32 Å². The van der Waals surface area contributed by atoms with E-state index in [0.29, 0.717) is 19.6 Å². The highest BCUT2D eigenvalue weighted by molar-refractivity contribution is 5.69. The van der Waals surface area contributed by atoms with Gasteiger partial charge in [-0.25, -0.2) is 0 Å². The number of hydrogen-bond donors (Lipinski definition) is 1. The Hall–Kier alpha value is -1.95. The quantitative estimate of drug-likeness (QED) is 0.310. The van der Waals surface area contributed by atoms with E-state index in [4.69, 9.17) is 4.74 Å². The molecule has 0 atom stereocenters. The fourth-order valence-corrected chi connectivity index (χ4v) is 1.94. The lowest BCUT2D eigenvalue weighted by atomic mass is 10.2. The number of unbranched alkanes of at least 4 members (excludes halogenated alkanes) is 2. The second-order valence-electron chi connectivity index (χ2n) is 4.72. The molecule has 0 aliphatic heterocycles. The number of nitrogens with zero attached hydrogens (tertiary/aromatic N) is 1. The first-order chi connectivity index (χ1) is 10.1. The average Bonchev–Trinajstić information content (AvgIpc) is 2.47. The molecule has 6 nitrogen and oxygen atoms in total. The maximum absolute atomic E-state index is 11.1. The van der Waals surface area contributed by atoms with E-state index in [2.05, 4.69) is 5.32 Å². The van der Waals surface area contributed by atoms with Crippen LogP contribution < -0.4 is 5.32 Å². The Morgan fingerprint density at radius 2 is 2.14 bits per heavy atom. The summed E-state index contributed by atoms with van der Waals surface area (Å²) in [5.41, 5.74) is 1.01. The van der Waals surface area contributed by atoms with Crippen molar-refractivity contribution in [2.75, 3.05) is 13.2 Å². The van der Waals surface area contributed by atoms with Crippen LogP contribution in [0.5, 0.6) is 0 Å². The molecule has 0 saturated carbocycles. The molecule has 21 heavy (non-hydrogen) atoms. The first-order valence-electron chi connectivity index (χ1n) is 7.23. The van der Waals surface area contributed by atoms with Gasteiger partial charge in [0.15, 0.2) is 0 Å². The van der Waals surface area contributed by atoms with Gasteiger partial charge < -0.3 is 10.1 Å². The molecule has 1 aromatic carbocycles. The number of esters is 1. The molecule has 0 aromatic heterocycles. The number of hydrogen-bond acceptors (Lipinski definition) is 5. The number of carbonyl (C=O) groups is 1. The normalized spacial score (nSPS) is 10.3. The number of nitrogens with one attached hydrogen (secondary N) is 1. The highest BCUT2D eigenvalue weighted by Gasteiger charge is 2.05. The first kappa shape index (κ1) is 17.1. The van der Waals surface area contributed by atoms with Gasteiger partial charge in [0.1, 0.15) is 0 Å². The molecular weight excluding hydrogens is 272 g/mol. The molecule has 1 rings (SSSR count). The van der Waals surface area contributed by atoms with E-state index in [1.165, 1.54) is 6.07 Å². The number of benzene rings is 1. The van der Waals surface area contributed by atoms with Crippen molar-refractivity contribution in [3.8, 4) is 0 Å². The van der Waals surface area contributed by atoms with Crippen LogP contribution in [0.4, 0.5) is 5.69 Å². The summed E-state index contributed by atoms with van der Waals surface area (Å²) in [5.74, 6) is -0.137. The smallest absolute Gasteiger partial charge is 0.305 e. The molecule has 1 aromatic rings. The number of carbonyl (C=O) groups excluding carboxylic acids is 1. The Balaban J connectivity index is 2.10. The van der Waals surface area contributed by atoms with Crippen molar-refractivity contribution in [3.05, 3.63) is 39.9 Å². The fourth-order valence-electron chi connectivity index (χ4n) is 1.94. The lowest BCUT2D eigenvalue weighted by Crippen LogP contribution is -2.14. The summed E-state index contributed by atoms with van der Waals surface area (Å²) in [6, 6.07) is 6.61. The van der Waals surface area contributed by atoms with Crippen LogP contribution in [0.3, 0.4) is 0 Å². The van der Waals surface area contributed by atoms with Gasteiger partial charge in [-0.2, -0.15) is 0 Å². The van der Waals surface area contributed by atoms with Gasteiger partial charge >= 0.3 is 5.97 Å². The molecule has 6 heteroatoms. The monoisotopic (exact) mass is 294 g/mol. The Labute approximate surface area is 124 Å². The minimum atomic E-state index is -0.390. The van der Waals surface area contributed by atoms with E-state index >= 15 is 0 Å². The number of ether oxygens (including phenoxy) is 1. The van der Waals surface area contributed by atoms with Gasteiger partial charge in [-0.05, 0) is 31.9 Å². The standard InChI is InChI=1S/C15H22N2O4/c1-2-21-15(18)9-4-3-5-10-16-12-13-7-6-8-14(11-13)17(19)20/h6-8,11,16H,2-5,9-10,12H2,1H3. The second kappa shape index (κ2) is 9.88. The van der Waals surface area contributed by atoms with Crippen molar-refractivity contribution < 1.29 is 14.5 Å². The molecule has 0 unspecified atom stereocenters. The third-order valence-electron chi connectivity index (χ3n) is 2.99. The van der Waals surface area contributed by atoms with Crippen LogP contribution in [0.15, 0.2) is 24.3 Å². The van der Waals surface area contributed by atoms with Crippen molar-refractivity contribution in [2.24, 2.45) is 0 Å². The maximum atomic E-state index is 11.1. The van der Waals surface area contributed by atoms with Gasteiger partial charge in [0.25, 0.3) is 5.69 Å². The molecular formula is C15H22N2O4. The van der Waals surface area contributed by atoms with Crippen molar-refractivity contribution in [2.45, 2.75) is 39.2 Å². The fraction of sp³-hybridized carbons (Fsp3) is 0.533. The third-order valence-corrected chi connectivity index (χ3v) is 2.99. The summed E-state index contributed by atoms with van der Waals surface area (Å²) in [4.78, 5) is 21.4. The molecule has 0 saturated heterocycles. The van der Waals surface area contributed by atoms with Gasteiger partial charge in [0.2, 0.25) is 0 Å². The molecule has 0 radical (unpaired) electrons. The Morgan fingerprint density at radius 3 is 2.86 bits per heavy atom. The highest BCUT2D eigenvalue weighted by atomic mass is 16.6. The number of nitro benzene ring substituents is 1. The van der Waals surface area contributed by atoms with Crippen LogP contribution in [0.25, 0.3) is 0 Å². The predicted molar refractivity (Wildman–Crippen MR) is 79.9 cm³/mol. The summed E-state index contributed by atoms with van der Waals surface area (Å²) in [6.45, 7) is 3.67. The predicted octanol–water partition coefficient (Wildman–Crippen LogP) is 2.81. The van der Waals surface area contributed by atoms with Gasteiger partial charge in [0, 0.05) is 25.1 Å². The van der Waals surface area contributed by atoms with Crippen LogP contribution in [0.2, 0.25) is 0 Å². The van der Waals surface area contributed by atoms with E-state index in [0.717, 1.165) is 31.4 Å². The Bertz CT molecular complexity index is 463. The Morgan fingerprint density at radius 1 is 1.33 bits per heavy atom. The first-order valence-corrected chi connectivity index (χ1v) is 7.23. The van der Waals surface area contributed by atoms with Gasteiger partial charge in [0.05, 0.1) is 11.5 Å². The molecule has 0 aliphatic rings. The van der Waals surface area contributed by atoms with E-state index in [9.17, 15) is 14.9 Å². The van der Waals surface area contributed by atoms with Gasteiger partial charge in [-0.3, -0.25) is 14.9 Å². The second-order valence-corrected chi connectivity index (χ2v) is 4.72. The zero-order chi connectivity index (χ0) is 15.5. The lowest BCUT2D eigenvalue weighted by Gasteiger charge is -2.05. The van der Waals surface area contributed by atoms with Gasteiger partial charge in [-0.1, -0.05) is 18.6 Å². The van der Waals surface area contributed by atoms with Gasteiger partial charge in [-0.15, -0.1) is 0 Å². The molecule has 0 spiro atoms. The zero-order valence-electron chi connectivity index (χ0n) is 12.3. The summed E-state index contributed by atoms with van der Waals surface area (Å²) in [5, 5.41) is 13.9. The largest absolute Gasteiger partial charge is 0.466 e. The summed E-state index contributed by atoms with van der Waals surface area (Å²) in [6.07, 6.45) is 3.23. The Kier molecular flexibility index (Phi) is 8.04. The SMILES string of the molecule is CCOC(=O)CCCCCNCc1cccc([N+](=O)[O-])c1. The lowest BCUT2D eigenvalue weighted by molar-refractivity contribution is -0.384. The molecule has 1 N–H and O–H groups in total. The molecule has 0 heterocycles. The number of rotatable bonds is 10. The molecule has 0 aliphatic carbocycles. The van der Waals surface area contributed by atoms with E-state index in [1.54, 1.807) is 19.1 Å². The van der Waals surface area contributed by atoms with Crippen molar-refractivity contribution in [3.63, 3.8) is 0 Å². The van der Waals surface area contributed by atoms with Crippen LogP contribution in [-0.4, -0.2) is 24.0 Å². The van der Waals surface area contributed by atoms with Crippen LogP contribution in [0, 0.1) is 10.1 Å². The molecule has 0 amide bonds. The van der Waals surface area contributed by atoms with Crippen LogP contribution in [-0.2, 0) is 16.1 Å². The van der Waals surface area contributed by atoms with E-state index in [1.807, 2.05) is 6.07 Å². The van der Waals surface area contributed by atoms with E-state index in [-0.39, 0.29) is 16.6 Å².